The van der Waals surface area contributed by atoms with Gasteiger partial charge in [-0.15, -0.1) is 0 Å². The number of halogens is 2. The van der Waals surface area contributed by atoms with Gasteiger partial charge in [-0.2, -0.15) is 0 Å². The third-order valence-corrected chi connectivity index (χ3v) is 3.88. The SMILES string of the molecule is CC(c1cc(F)cc(F)c1)N(C)CC(=O)N1CCNCC1. The number of hydrogen-bond acceptors (Lipinski definition) is 3. The van der Waals surface area contributed by atoms with Crippen molar-refractivity contribution in [3.8, 4) is 0 Å². The highest BCUT2D eigenvalue weighted by Gasteiger charge is 2.21. The molecule has 0 aromatic heterocycles. The molecule has 4 nitrogen and oxygen atoms in total. The molecule has 1 heterocycles. The van der Waals surface area contributed by atoms with Crippen LogP contribution in [0.1, 0.15) is 18.5 Å². The van der Waals surface area contributed by atoms with Gasteiger partial charge in [0, 0.05) is 38.3 Å². The monoisotopic (exact) mass is 297 g/mol. The van der Waals surface area contributed by atoms with Gasteiger partial charge in [-0.1, -0.05) is 0 Å². The maximum absolute atomic E-state index is 13.3. The quantitative estimate of drug-likeness (QED) is 0.912. The number of amides is 1. The summed E-state index contributed by atoms with van der Waals surface area (Å²) in [5.74, 6) is -1.15. The number of nitrogens with one attached hydrogen (secondary N) is 1. The van der Waals surface area contributed by atoms with Crippen LogP contribution < -0.4 is 5.32 Å². The van der Waals surface area contributed by atoms with Crippen LogP contribution in [-0.4, -0.2) is 55.5 Å². The Kier molecular flexibility index (Phi) is 5.25. The van der Waals surface area contributed by atoms with Crippen LogP contribution in [0.25, 0.3) is 0 Å². The first-order valence-electron chi connectivity index (χ1n) is 7.12. The number of nitrogens with zero attached hydrogens (tertiary/aromatic N) is 2. The fourth-order valence-corrected chi connectivity index (χ4v) is 2.44. The largest absolute Gasteiger partial charge is 0.339 e. The highest BCUT2D eigenvalue weighted by molar-refractivity contribution is 5.78. The van der Waals surface area contributed by atoms with Gasteiger partial charge in [0.25, 0.3) is 0 Å². The minimum Gasteiger partial charge on any atom is -0.339 e. The molecule has 1 unspecified atom stereocenters. The molecule has 1 aliphatic rings. The van der Waals surface area contributed by atoms with Gasteiger partial charge in [0.15, 0.2) is 0 Å². The van der Waals surface area contributed by atoms with Crippen molar-refractivity contribution in [3.63, 3.8) is 0 Å². The zero-order valence-corrected chi connectivity index (χ0v) is 12.4. The van der Waals surface area contributed by atoms with E-state index in [-0.39, 0.29) is 18.5 Å². The number of carbonyl (C=O) groups is 1. The summed E-state index contributed by atoms with van der Waals surface area (Å²) in [4.78, 5) is 15.8. The van der Waals surface area contributed by atoms with Gasteiger partial charge in [-0.25, -0.2) is 8.78 Å². The summed E-state index contributed by atoms with van der Waals surface area (Å²) in [5.41, 5.74) is 0.531. The smallest absolute Gasteiger partial charge is 0.236 e. The molecule has 0 saturated carbocycles. The number of carbonyl (C=O) groups excluding carboxylic acids is 1. The van der Waals surface area contributed by atoms with E-state index >= 15 is 0 Å². The lowest BCUT2D eigenvalue weighted by atomic mass is 10.1. The van der Waals surface area contributed by atoms with E-state index in [1.54, 1.807) is 11.9 Å². The summed E-state index contributed by atoms with van der Waals surface area (Å²) in [5, 5.41) is 3.19. The van der Waals surface area contributed by atoms with E-state index in [0.29, 0.717) is 18.7 Å². The lowest BCUT2D eigenvalue weighted by Crippen LogP contribution is -2.49. The van der Waals surface area contributed by atoms with E-state index in [0.717, 1.165) is 19.2 Å². The Labute approximate surface area is 123 Å². The van der Waals surface area contributed by atoms with Crippen molar-refractivity contribution in [3.05, 3.63) is 35.4 Å². The number of rotatable bonds is 4. The summed E-state index contributed by atoms with van der Waals surface area (Å²) in [6.45, 7) is 5.09. The van der Waals surface area contributed by atoms with E-state index in [2.05, 4.69) is 5.32 Å². The Balaban J connectivity index is 1.98. The van der Waals surface area contributed by atoms with Gasteiger partial charge in [0.2, 0.25) is 5.91 Å². The predicted molar refractivity (Wildman–Crippen MR) is 76.9 cm³/mol. The first-order chi connectivity index (χ1) is 9.97. The highest BCUT2D eigenvalue weighted by Crippen LogP contribution is 2.20. The molecule has 0 aliphatic carbocycles. The topological polar surface area (TPSA) is 35.6 Å². The lowest BCUT2D eigenvalue weighted by molar-refractivity contribution is -0.133. The molecule has 116 valence electrons. The normalized spacial score (nSPS) is 17.1. The molecular weight excluding hydrogens is 276 g/mol. The van der Waals surface area contributed by atoms with Crippen molar-refractivity contribution in [1.29, 1.82) is 0 Å². The predicted octanol–water partition coefficient (Wildman–Crippen LogP) is 1.39. The summed E-state index contributed by atoms with van der Waals surface area (Å²) >= 11 is 0. The van der Waals surface area contributed by atoms with E-state index in [1.165, 1.54) is 12.1 Å². The van der Waals surface area contributed by atoms with Crippen molar-refractivity contribution >= 4 is 5.91 Å². The van der Waals surface area contributed by atoms with Crippen LogP contribution in [0.3, 0.4) is 0 Å². The molecule has 0 radical (unpaired) electrons. The summed E-state index contributed by atoms with van der Waals surface area (Å²) in [6, 6.07) is 3.23. The van der Waals surface area contributed by atoms with Gasteiger partial charge in [-0.05, 0) is 31.7 Å². The molecule has 1 fully saturated rings. The second kappa shape index (κ2) is 6.95. The van der Waals surface area contributed by atoms with E-state index in [1.807, 2.05) is 11.8 Å². The fourth-order valence-electron chi connectivity index (χ4n) is 2.44. The first kappa shape index (κ1) is 15.9. The standard InChI is InChI=1S/C15H21F2N3O/c1-11(12-7-13(16)9-14(17)8-12)19(2)10-15(21)20-5-3-18-4-6-20/h7-9,11,18H,3-6,10H2,1-2H3. The molecule has 1 amide bonds. The van der Waals surface area contributed by atoms with E-state index in [4.69, 9.17) is 0 Å². The zero-order chi connectivity index (χ0) is 15.4. The number of benzene rings is 1. The van der Waals surface area contributed by atoms with Crippen molar-refractivity contribution in [2.24, 2.45) is 0 Å². The number of piperazine rings is 1. The van der Waals surface area contributed by atoms with Crippen molar-refractivity contribution < 1.29 is 13.6 Å². The molecule has 1 N–H and O–H groups in total. The number of likely N-dealkylation sites (N-methyl/N-ethyl adjacent to an activating group) is 1. The molecular formula is C15H21F2N3O. The lowest BCUT2D eigenvalue weighted by Gasteiger charge is -2.31. The van der Waals surface area contributed by atoms with E-state index < -0.39 is 11.6 Å². The molecule has 0 spiro atoms. The van der Waals surface area contributed by atoms with E-state index in [9.17, 15) is 13.6 Å². The molecule has 1 atom stereocenters. The summed E-state index contributed by atoms with van der Waals surface area (Å²) < 4.78 is 26.5. The van der Waals surface area contributed by atoms with Crippen LogP contribution in [0.4, 0.5) is 8.78 Å². The molecule has 1 aromatic carbocycles. The molecule has 6 heteroatoms. The van der Waals surface area contributed by atoms with Crippen LogP contribution in [-0.2, 0) is 4.79 Å². The molecule has 2 rings (SSSR count). The van der Waals surface area contributed by atoms with Gasteiger partial charge in [0.05, 0.1) is 6.54 Å². The minimum atomic E-state index is -0.598. The van der Waals surface area contributed by atoms with Crippen molar-refractivity contribution in [1.82, 2.24) is 15.1 Å². The van der Waals surface area contributed by atoms with Gasteiger partial charge < -0.3 is 10.2 Å². The van der Waals surface area contributed by atoms with Gasteiger partial charge >= 0.3 is 0 Å². The Hall–Kier alpha value is -1.53. The molecule has 0 bridgehead atoms. The van der Waals surface area contributed by atoms with Gasteiger partial charge in [-0.3, -0.25) is 9.69 Å². The van der Waals surface area contributed by atoms with Gasteiger partial charge in [0.1, 0.15) is 11.6 Å². The molecule has 1 aromatic rings. The van der Waals surface area contributed by atoms with Crippen LogP contribution in [0.2, 0.25) is 0 Å². The maximum atomic E-state index is 13.3. The average molecular weight is 297 g/mol. The third-order valence-electron chi connectivity index (χ3n) is 3.88. The Morgan fingerprint density at radius 1 is 1.29 bits per heavy atom. The van der Waals surface area contributed by atoms with Crippen LogP contribution >= 0.6 is 0 Å². The second-order valence-electron chi connectivity index (χ2n) is 5.42. The second-order valence-corrected chi connectivity index (χ2v) is 5.42. The maximum Gasteiger partial charge on any atom is 0.236 e. The van der Waals surface area contributed by atoms with Crippen LogP contribution in [0.15, 0.2) is 18.2 Å². The minimum absolute atomic E-state index is 0.0442. The van der Waals surface area contributed by atoms with Crippen molar-refractivity contribution in [2.75, 3.05) is 39.8 Å². The Bertz CT molecular complexity index is 483. The zero-order valence-electron chi connectivity index (χ0n) is 12.4. The molecule has 1 aliphatic heterocycles. The first-order valence-corrected chi connectivity index (χ1v) is 7.12. The molecule has 21 heavy (non-hydrogen) atoms. The Morgan fingerprint density at radius 2 is 1.86 bits per heavy atom. The van der Waals surface area contributed by atoms with Crippen LogP contribution in [0.5, 0.6) is 0 Å². The highest BCUT2D eigenvalue weighted by atomic mass is 19.1. The molecule has 1 saturated heterocycles. The summed E-state index contributed by atoms with van der Waals surface area (Å²) in [7, 11) is 1.79. The number of hydrogen-bond donors (Lipinski definition) is 1. The van der Waals surface area contributed by atoms with Crippen LogP contribution in [0, 0.1) is 11.6 Å². The fraction of sp³-hybridized carbons (Fsp3) is 0.533. The average Bonchev–Trinajstić information content (AvgIpc) is 2.46. The third kappa shape index (κ3) is 4.22. The Morgan fingerprint density at radius 3 is 2.43 bits per heavy atom. The summed E-state index contributed by atoms with van der Waals surface area (Å²) in [6.07, 6.45) is 0. The van der Waals surface area contributed by atoms with Crippen molar-refractivity contribution in [2.45, 2.75) is 13.0 Å².